The summed E-state index contributed by atoms with van der Waals surface area (Å²) in [6.07, 6.45) is 7.63. The van der Waals surface area contributed by atoms with E-state index < -0.39 is 0 Å². The highest BCUT2D eigenvalue weighted by Crippen LogP contribution is 2.20. The van der Waals surface area contributed by atoms with E-state index in [9.17, 15) is 0 Å². The lowest BCUT2D eigenvalue weighted by atomic mass is 10.1. The third-order valence-corrected chi connectivity index (χ3v) is 3.50. The minimum absolute atomic E-state index is 0.324. The highest BCUT2D eigenvalue weighted by molar-refractivity contribution is 7.80. The van der Waals surface area contributed by atoms with Crippen molar-refractivity contribution < 1.29 is 0 Å². The van der Waals surface area contributed by atoms with E-state index in [0.717, 1.165) is 5.69 Å². The van der Waals surface area contributed by atoms with Crippen LogP contribution in [-0.4, -0.2) is 21.0 Å². The molecule has 1 saturated carbocycles. The summed E-state index contributed by atoms with van der Waals surface area (Å²) in [6, 6.07) is 2.30. The molecule has 0 saturated heterocycles. The average Bonchev–Trinajstić information content (AvgIpc) is 2.57. The summed E-state index contributed by atoms with van der Waals surface area (Å²) in [6.45, 7) is 1.93. The minimum Gasteiger partial charge on any atom is -0.388 e. The maximum atomic E-state index is 5.62. The van der Waals surface area contributed by atoms with Gasteiger partial charge in [-0.1, -0.05) is 37.9 Å². The van der Waals surface area contributed by atoms with Crippen molar-refractivity contribution in [3.63, 3.8) is 0 Å². The highest BCUT2D eigenvalue weighted by Gasteiger charge is 2.14. The Kier molecular flexibility index (Phi) is 4.47. The third-order valence-electron chi connectivity index (χ3n) is 3.30. The van der Waals surface area contributed by atoms with Crippen molar-refractivity contribution in [2.45, 2.75) is 51.5 Å². The monoisotopic (exact) mass is 264 g/mol. The van der Waals surface area contributed by atoms with Crippen LogP contribution >= 0.6 is 12.2 Å². The van der Waals surface area contributed by atoms with E-state index in [1.807, 2.05) is 13.0 Å². The van der Waals surface area contributed by atoms with E-state index >= 15 is 0 Å². The zero-order chi connectivity index (χ0) is 13.0. The number of nitrogens with two attached hydrogens (primary N) is 1. The van der Waals surface area contributed by atoms with Crippen LogP contribution in [0.2, 0.25) is 0 Å². The van der Waals surface area contributed by atoms with Gasteiger partial charge in [0, 0.05) is 11.7 Å². The number of hydrogen-bond donors (Lipinski definition) is 2. The van der Waals surface area contributed by atoms with Gasteiger partial charge in [0.1, 0.15) is 10.7 Å². The van der Waals surface area contributed by atoms with Crippen LogP contribution in [0.4, 0.5) is 5.95 Å². The van der Waals surface area contributed by atoms with Crippen molar-refractivity contribution in [3.8, 4) is 0 Å². The predicted molar refractivity (Wildman–Crippen MR) is 77.8 cm³/mol. The number of anilines is 1. The van der Waals surface area contributed by atoms with Crippen LogP contribution in [0.5, 0.6) is 0 Å². The number of aryl methyl sites for hydroxylation is 1. The normalized spacial score (nSPS) is 17.2. The number of thiocarbonyl (C=S) groups is 1. The zero-order valence-corrected chi connectivity index (χ0v) is 11.6. The van der Waals surface area contributed by atoms with Gasteiger partial charge in [-0.2, -0.15) is 0 Å². The van der Waals surface area contributed by atoms with Gasteiger partial charge in [-0.25, -0.2) is 9.97 Å². The second-order valence-corrected chi connectivity index (χ2v) is 5.36. The lowest BCUT2D eigenvalue weighted by Crippen LogP contribution is -2.22. The van der Waals surface area contributed by atoms with Gasteiger partial charge in [0.25, 0.3) is 0 Å². The smallest absolute Gasteiger partial charge is 0.223 e. The molecular formula is C13H20N4S. The van der Waals surface area contributed by atoms with Crippen molar-refractivity contribution in [1.82, 2.24) is 9.97 Å². The van der Waals surface area contributed by atoms with Crippen LogP contribution in [0.1, 0.15) is 49.9 Å². The van der Waals surface area contributed by atoms with Gasteiger partial charge in [-0.05, 0) is 25.8 Å². The minimum atomic E-state index is 0.324. The molecule has 1 aromatic rings. The van der Waals surface area contributed by atoms with Crippen LogP contribution in [0.15, 0.2) is 6.07 Å². The summed E-state index contributed by atoms with van der Waals surface area (Å²) in [5, 5.41) is 3.42. The van der Waals surface area contributed by atoms with Crippen molar-refractivity contribution in [1.29, 1.82) is 0 Å². The van der Waals surface area contributed by atoms with Gasteiger partial charge in [-0.15, -0.1) is 0 Å². The molecule has 0 atom stereocenters. The van der Waals surface area contributed by atoms with Gasteiger partial charge in [0.15, 0.2) is 0 Å². The maximum absolute atomic E-state index is 5.62. The molecule has 3 N–H and O–H groups in total. The molecule has 0 spiro atoms. The molecule has 1 aliphatic rings. The Balaban J connectivity index is 2.10. The molecule has 0 aliphatic heterocycles. The summed E-state index contributed by atoms with van der Waals surface area (Å²) in [5.74, 6) is 0.657. The van der Waals surface area contributed by atoms with Gasteiger partial charge in [-0.3, -0.25) is 0 Å². The van der Waals surface area contributed by atoms with Crippen molar-refractivity contribution >= 4 is 23.2 Å². The van der Waals surface area contributed by atoms with E-state index in [0.29, 0.717) is 22.7 Å². The van der Waals surface area contributed by atoms with E-state index in [-0.39, 0.29) is 0 Å². The first-order valence-electron chi connectivity index (χ1n) is 6.57. The molecule has 4 nitrogen and oxygen atoms in total. The quantitative estimate of drug-likeness (QED) is 0.649. The Labute approximate surface area is 113 Å². The summed E-state index contributed by atoms with van der Waals surface area (Å²) in [7, 11) is 0. The van der Waals surface area contributed by atoms with Gasteiger partial charge in [0.05, 0.1) is 0 Å². The Bertz CT molecular complexity index is 425. The third kappa shape index (κ3) is 3.63. The average molecular weight is 264 g/mol. The Morgan fingerprint density at radius 1 is 1.28 bits per heavy atom. The van der Waals surface area contributed by atoms with Crippen molar-refractivity contribution in [3.05, 3.63) is 17.5 Å². The number of aromatic nitrogens is 2. The Morgan fingerprint density at radius 2 is 1.94 bits per heavy atom. The molecule has 0 aromatic carbocycles. The fourth-order valence-corrected chi connectivity index (χ4v) is 2.47. The molecule has 18 heavy (non-hydrogen) atoms. The first-order valence-corrected chi connectivity index (χ1v) is 6.98. The molecule has 0 unspecified atom stereocenters. The van der Waals surface area contributed by atoms with Crippen LogP contribution in [-0.2, 0) is 0 Å². The van der Waals surface area contributed by atoms with Gasteiger partial charge >= 0.3 is 0 Å². The topological polar surface area (TPSA) is 63.8 Å². The zero-order valence-electron chi connectivity index (χ0n) is 10.8. The fourth-order valence-electron chi connectivity index (χ4n) is 2.37. The summed E-state index contributed by atoms with van der Waals surface area (Å²) in [5.41, 5.74) is 7.16. The van der Waals surface area contributed by atoms with Gasteiger partial charge < -0.3 is 11.1 Å². The summed E-state index contributed by atoms with van der Waals surface area (Å²) < 4.78 is 0. The molecule has 98 valence electrons. The number of nitrogens with one attached hydrogen (secondary N) is 1. The SMILES string of the molecule is Cc1cc(C(N)=S)nc(NC2CCCCCC2)n1. The second kappa shape index (κ2) is 6.09. The second-order valence-electron chi connectivity index (χ2n) is 4.92. The largest absolute Gasteiger partial charge is 0.388 e. The predicted octanol–water partition coefficient (Wildman–Crippen LogP) is 2.55. The molecule has 1 fully saturated rings. The van der Waals surface area contributed by atoms with Crippen LogP contribution < -0.4 is 11.1 Å². The molecule has 5 heteroatoms. The van der Waals surface area contributed by atoms with Crippen LogP contribution in [0.25, 0.3) is 0 Å². The van der Waals surface area contributed by atoms with Gasteiger partial charge in [0.2, 0.25) is 5.95 Å². The fraction of sp³-hybridized carbons (Fsp3) is 0.615. The Morgan fingerprint density at radius 3 is 2.56 bits per heavy atom. The van der Waals surface area contributed by atoms with E-state index in [2.05, 4.69) is 15.3 Å². The van der Waals surface area contributed by atoms with E-state index in [1.54, 1.807) is 0 Å². The number of nitrogens with zero attached hydrogens (tertiary/aromatic N) is 2. The first-order chi connectivity index (χ1) is 8.65. The first kappa shape index (κ1) is 13.2. The van der Waals surface area contributed by atoms with Crippen LogP contribution in [0.3, 0.4) is 0 Å². The standard InChI is InChI=1S/C13H20N4S/c1-9-8-11(12(14)18)17-13(15-9)16-10-6-4-2-3-5-7-10/h8,10H,2-7H2,1H3,(H2,14,18)(H,15,16,17). The molecule has 0 amide bonds. The van der Waals surface area contributed by atoms with E-state index in [1.165, 1.54) is 38.5 Å². The molecule has 0 bridgehead atoms. The van der Waals surface area contributed by atoms with E-state index in [4.69, 9.17) is 18.0 Å². The number of rotatable bonds is 3. The molecular weight excluding hydrogens is 244 g/mol. The highest BCUT2D eigenvalue weighted by atomic mass is 32.1. The maximum Gasteiger partial charge on any atom is 0.223 e. The summed E-state index contributed by atoms with van der Waals surface area (Å²) >= 11 is 4.97. The van der Waals surface area contributed by atoms with Crippen molar-refractivity contribution in [2.24, 2.45) is 5.73 Å². The molecule has 0 radical (unpaired) electrons. The molecule has 1 aliphatic carbocycles. The number of hydrogen-bond acceptors (Lipinski definition) is 4. The lowest BCUT2D eigenvalue weighted by molar-refractivity contribution is 0.614. The molecule has 2 rings (SSSR count). The lowest BCUT2D eigenvalue weighted by Gasteiger charge is -2.16. The molecule has 1 heterocycles. The van der Waals surface area contributed by atoms with Crippen LogP contribution in [0, 0.1) is 6.92 Å². The Hall–Kier alpha value is -1.23. The molecule has 1 aromatic heterocycles. The van der Waals surface area contributed by atoms with Crippen molar-refractivity contribution in [2.75, 3.05) is 5.32 Å². The summed E-state index contributed by atoms with van der Waals surface area (Å²) in [4.78, 5) is 9.10.